The minimum absolute atomic E-state index is 0.153. The van der Waals surface area contributed by atoms with Crippen LogP contribution in [0.1, 0.15) is 29.5 Å². The van der Waals surface area contributed by atoms with E-state index in [0.717, 1.165) is 27.6 Å². The van der Waals surface area contributed by atoms with Crippen LogP contribution in [0.5, 0.6) is 0 Å². The van der Waals surface area contributed by atoms with Gasteiger partial charge in [0.05, 0.1) is 23.0 Å². The zero-order valence-electron chi connectivity index (χ0n) is 10.8. The van der Waals surface area contributed by atoms with E-state index in [2.05, 4.69) is 32.9 Å². The van der Waals surface area contributed by atoms with Gasteiger partial charge in [-0.2, -0.15) is 0 Å². The van der Waals surface area contributed by atoms with Crippen molar-refractivity contribution in [2.24, 2.45) is 0 Å². The molecule has 1 atom stereocenters. The minimum Gasteiger partial charge on any atom is -0.317 e. The largest absolute Gasteiger partial charge is 0.317 e. The fourth-order valence-corrected chi connectivity index (χ4v) is 3.33. The van der Waals surface area contributed by atoms with Gasteiger partial charge in [-0.1, -0.05) is 12.1 Å². The molecule has 3 aromatic rings. The number of aryl methyl sites for hydroxylation is 1. The summed E-state index contributed by atoms with van der Waals surface area (Å²) in [6.45, 7) is 4.16. The van der Waals surface area contributed by atoms with Crippen LogP contribution in [0.2, 0.25) is 0 Å². The lowest BCUT2D eigenvalue weighted by Gasteiger charge is -2.14. The highest BCUT2D eigenvalue weighted by atomic mass is 35.5. The predicted molar refractivity (Wildman–Crippen MR) is 80.0 cm³/mol. The van der Waals surface area contributed by atoms with E-state index in [1.54, 1.807) is 11.3 Å². The second-order valence-corrected chi connectivity index (χ2v) is 5.68. The van der Waals surface area contributed by atoms with E-state index in [4.69, 9.17) is 11.6 Å². The number of halogens is 1. The number of rotatable bonds is 3. The summed E-state index contributed by atoms with van der Waals surface area (Å²) in [6.07, 6.45) is 0. The van der Waals surface area contributed by atoms with E-state index in [1.165, 1.54) is 0 Å². The fourth-order valence-electron chi connectivity index (χ4n) is 2.30. The van der Waals surface area contributed by atoms with Crippen LogP contribution in [-0.4, -0.2) is 14.5 Å². The lowest BCUT2D eigenvalue weighted by atomic mass is 10.3. The van der Waals surface area contributed by atoms with E-state index in [9.17, 15) is 0 Å². The first-order valence-electron chi connectivity index (χ1n) is 6.14. The van der Waals surface area contributed by atoms with Crippen LogP contribution >= 0.6 is 22.9 Å². The molecule has 1 unspecified atom stereocenters. The topological polar surface area (TPSA) is 30.7 Å². The highest BCUT2D eigenvalue weighted by Crippen LogP contribution is 2.28. The number of hydrogen-bond donors (Lipinski definition) is 0. The average molecular weight is 292 g/mol. The Labute approximate surface area is 120 Å². The number of thiazole rings is 1. The molecule has 0 spiro atoms. The summed E-state index contributed by atoms with van der Waals surface area (Å²) >= 11 is 7.72. The van der Waals surface area contributed by atoms with Gasteiger partial charge in [0.1, 0.15) is 10.8 Å². The molecule has 19 heavy (non-hydrogen) atoms. The third-order valence-electron chi connectivity index (χ3n) is 3.17. The van der Waals surface area contributed by atoms with Gasteiger partial charge < -0.3 is 4.57 Å². The Bertz CT molecular complexity index is 716. The molecular weight excluding hydrogens is 278 g/mol. The Morgan fingerprint density at radius 3 is 2.79 bits per heavy atom. The molecule has 3 nitrogen and oxygen atoms in total. The molecule has 3 rings (SSSR count). The van der Waals surface area contributed by atoms with Gasteiger partial charge >= 0.3 is 0 Å². The molecule has 98 valence electrons. The Kier molecular flexibility index (Phi) is 3.29. The smallest absolute Gasteiger partial charge is 0.125 e. The number of alkyl halides is 1. The normalized spacial score (nSPS) is 13.0. The number of nitrogens with zero attached hydrogens (tertiary/aromatic N) is 3. The first-order chi connectivity index (χ1) is 9.20. The molecule has 2 aromatic heterocycles. The van der Waals surface area contributed by atoms with Crippen molar-refractivity contribution < 1.29 is 0 Å². The van der Waals surface area contributed by atoms with Crippen LogP contribution in [-0.2, 0) is 5.88 Å². The van der Waals surface area contributed by atoms with Crippen molar-refractivity contribution in [2.75, 3.05) is 0 Å². The summed E-state index contributed by atoms with van der Waals surface area (Å²) in [5.74, 6) is 1.30. The molecule has 5 heteroatoms. The maximum absolute atomic E-state index is 6.04. The van der Waals surface area contributed by atoms with Crippen molar-refractivity contribution in [3.63, 3.8) is 0 Å². The molecule has 0 aliphatic rings. The molecule has 0 saturated carbocycles. The first-order valence-corrected chi connectivity index (χ1v) is 7.56. The zero-order chi connectivity index (χ0) is 13.4. The highest BCUT2D eigenvalue weighted by Gasteiger charge is 2.18. The molecule has 1 aromatic carbocycles. The maximum Gasteiger partial charge on any atom is 0.125 e. The van der Waals surface area contributed by atoms with Crippen LogP contribution in [0.15, 0.2) is 29.6 Å². The van der Waals surface area contributed by atoms with E-state index >= 15 is 0 Å². The van der Waals surface area contributed by atoms with E-state index in [1.807, 2.05) is 25.1 Å². The standard InChI is InChI=1S/C14H14ClN3S/c1-9-8-19-14(16-9)10(2)18-12-6-4-3-5-11(12)17-13(18)7-15/h3-6,8,10H,7H2,1-2H3. The monoisotopic (exact) mass is 291 g/mol. The van der Waals surface area contributed by atoms with Crippen LogP contribution < -0.4 is 0 Å². The van der Waals surface area contributed by atoms with Gasteiger partial charge in [0, 0.05) is 11.1 Å². The molecule has 0 aliphatic carbocycles. The van der Waals surface area contributed by atoms with Crippen LogP contribution in [0.4, 0.5) is 0 Å². The van der Waals surface area contributed by atoms with Crippen molar-refractivity contribution in [3.05, 3.63) is 46.2 Å². The Morgan fingerprint density at radius 1 is 1.32 bits per heavy atom. The third-order valence-corrected chi connectivity index (χ3v) is 4.54. The molecule has 0 radical (unpaired) electrons. The zero-order valence-corrected chi connectivity index (χ0v) is 12.4. The lowest BCUT2D eigenvalue weighted by molar-refractivity contribution is 0.628. The van der Waals surface area contributed by atoms with Gasteiger partial charge in [-0.25, -0.2) is 9.97 Å². The van der Waals surface area contributed by atoms with Crippen molar-refractivity contribution >= 4 is 34.0 Å². The fraction of sp³-hybridized carbons (Fsp3) is 0.286. The first kappa shape index (κ1) is 12.6. The average Bonchev–Trinajstić information content (AvgIpc) is 3.01. The summed E-state index contributed by atoms with van der Waals surface area (Å²) in [4.78, 5) is 9.17. The van der Waals surface area contributed by atoms with Crippen molar-refractivity contribution in [2.45, 2.75) is 25.8 Å². The van der Waals surface area contributed by atoms with Crippen molar-refractivity contribution in [1.82, 2.24) is 14.5 Å². The third kappa shape index (κ3) is 2.15. The Balaban J connectivity index is 2.17. The summed E-state index contributed by atoms with van der Waals surface area (Å²) in [7, 11) is 0. The van der Waals surface area contributed by atoms with Crippen LogP contribution in [0.25, 0.3) is 11.0 Å². The lowest BCUT2D eigenvalue weighted by Crippen LogP contribution is -2.09. The quantitative estimate of drug-likeness (QED) is 0.679. The maximum atomic E-state index is 6.04. The van der Waals surface area contributed by atoms with Gasteiger partial charge in [0.2, 0.25) is 0 Å². The summed E-state index contributed by atoms with van der Waals surface area (Å²) in [5.41, 5.74) is 3.15. The van der Waals surface area contributed by atoms with Gasteiger partial charge in [-0.05, 0) is 26.0 Å². The second-order valence-electron chi connectivity index (χ2n) is 4.52. The van der Waals surface area contributed by atoms with Crippen molar-refractivity contribution in [3.8, 4) is 0 Å². The van der Waals surface area contributed by atoms with E-state index in [-0.39, 0.29) is 6.04 Å². The number of imidazole rings is 1. The van der Waals surface area contributed by atoms with Gasteiger partial charge in [0.15, 0.2) is 0 Å². The number of fused-ring (bicyclic) bond motifs is 1. The molecular formula is C14H14ClN3S. The molecule has 0 amide bonds. The van der Waals surface area contributed by atoms with Crippen molar-refractivity contribution in [1.29, 1.82) is 0 Å². The molecule has 0 fully saturated rings. The van der Waals surface area contributed by atoms with Crippen LogP contribution in [0, 0.1) is 6.92 Å². The number of para-hydroxylation sites is 2. The summed E-state index contributed by atoms with van der Waals surface area (Å²) in [5, 5.41) is 3.16. The number of aromatic nitrogens is 3. The summed E-state index contributed by atoms with van der Waals surface area (Å²) in [6, 6.07) is 8.27. The molecule has 2 heterocycles. The van der Waals surface area contributed by atoms with E-state index < -0.39 is 0 Å². The van der Waals surface area contributed by atoms with Crippen LogP contribution in [0.3, 0.4) is 0 Å². The van der Waals surface area contributed by atoms with Gasteiger partial charge in [-0.3, -0.25) is 0 Å². The Hall–Kier alpha value is -1.39. The number of hydrogen-bond acceptors (Lipinski definition) is 3. The Morgan fingerprint density at radius 2 is 2.11 bits per heavy atom. The predicted octanol–water partition coefficient (Wildman–Crippen LogP) is 4.15. The van der Waals surface area contributed by atoms with Gasteiger partial charge in [0.25, 0.3) is 0 Å². The minimum atomic E-state index is 0.153. The highest BCUT2D eigenvalue weighted by molar-refractivity contribution is 7.09. The molecule has 0 aliphatic heterocycles. The van der Waals surface area contributed by atoms with Gasteiger partial charge in [-0.15, -0.1) is 22.9 Å². The second kappa shape index (κ2) is 4.94. The van der Waals surface area contributed by atoms with E-state index in [0.29, 0.717) is 5.88 Å². The SMILES string of the molecule is Cc1csc(C(C)n2c(CCl)nc3ccccc32)n1. The number of benzene rings is 1. The molecule has 0 N–H and O–H groups in total. The molecule has 0 bridgehead atoms. The summed E-state index contributed by atoms with van der Waals surface area (Å²) < 4.78 is 2.18. The molecule has 0 saturated heterocycles.